The van der Waals surface area contributed by atoms with Crippen LogP contribution in [0.25, 0.3) is 10.6 Å². The van der Waals surface area contributed by atoms with Gasteiger partial charge in [0.15, 0.2) is 5.69 Å². The summed E-state index contributed by atoms with van der Waals surface area (Å²) in [6, 6.07) is 7.67. The Morgan fingerprint density at radius 3 is 2.73 bits per heavy atom. The first-order valence-electron chi connectivity index (χ1n) is 7.58. The molecule has 0 spiro atoms. The van der Waals surface area contributed by atoms with Crippen LogP contribution in [0.3, 0.4) is 0 Å². The highest BCUT2D eigenvalue weighted by molar-refractivity contribution is 7.13. The molecule has 10 heteroatoms. The lowest BCUT2D eigenvalue weighted by molar-refractivity contribution is -0.137. The van der Waals surface area contributed by atoms with Crippen LogP contribution in [0.15, 0.2) is 41.9 Å². The molecule has 0 aliphatic heterocycles. The number of thiophene rings is 1. The molecule has 136 valence electrons. The number of pyridine rings is 1. The summed E-state index contributed by atoms with van der Waals surface area (Å²) in [7, 11) is 0. The third kappa shape index (κ3) is 4.39. The van der Waals surface area contributed by atoms with Crippen molar-refractivity contribution < 1.29 is 18.0 Å². The zero-order valence-electron chi connectivity index (χ0n) is 13.3. The topological polar surface area (TPSA) is 82.7 Å². The van der Waals surface area contributed by atoms with Crippen LogP contribution in [0.1, 0.15) is 16.1 Å². The Labute approximate surface area is 150 Å². The molecule has 0 saturated heterocycles. The van der Waals surface area contributed by atoms with Gasteiger partial charge in [0.05, 0.1) is 16.1 Å². The molecule has 0 saturated carbocycles. The summed E-state index contributed by atoms with van der Waals surface area (Å²) >= 11 is 1.53. The van der Waals surface area contributed by atoms with E-state index in [4.69, 9.17) is 0 Å². The van der Waals surface area contributed by atoms with Crippen molar-refractivity contribution in [3.63, 3.8) is 0 Å². The van der Waals surface area contributed by atoms with Gasteiger partial charge in [-0.05, 0) is 29.6 Å². The number of rotatable bonds is 6. The Hall–Kier alpha value is -2.88. The molecule has 3 rings (SSSR count). The number of carbonyl (C=O) groups is 1. The fourth-order valence-electron chi connectivity index (χ4n) is 2.12. The number of anilines is 1. The normalized spacial score (nSPS) is 11.3. The van der Waals surface area contributed by atoms with E-state index in [2.05, 4.69) is 25.8 Å². The molecule has 0 aliphatic rings. The fourth-order valence-corrected chi connectivity index (χ4v) is 2.81. The van der Waals surface area contributed by atoms with Gasteiger partial charge in [-0.2, -0.15) is 18.3 Å². The van der Waals surface area contributed by atoms with Crippen LogP contribution in [0.2, 0.25) is 0 Å². The quantitative estimate of drug-likeness (QED) is 0.572. The molecular formula is C16H14F3N5OS. The average molecular weight is 381 g/mol. The second-order valence-electron chi connectivity index (χ2n) is 5.26. The van der Waals surface area contributed by atoms with Crippen molar-refractivity contribution in [2.75, 3.05) is 18.4 Å². The maximum Gasteiger partial charge on any atom is 0.417 e. The molecule has 0 atom stereocenters. The number of aromatic nitrogens is 3. The van der Waals surface area contributed by atoms with E-state index >= 15 is 0 Å². The minimum atomic E-state index is -4.41. The number of amides is 1. The number of carbonyl (C=O) groups excluding carboxylic acids is 1. The molecule has 3 heterocycles. The van der Waals surface area contributed by atoms with E-state index in [0.29, 0.717) is 12.4 Å². The molecule has 26 heavy (non-hydrogen) atoms. The van der Waals surface area contributed by atoms with Gasteiger partial charge in [0.25, 0.3) is 5.91 Å². The molecule has 0 bridgehead atoms. The predicted octanol–water partition coefficient (Wildman–Crippen LogP) is 3.39. The van der Waals surface area contributed by atoms with E-state index in [-0.39, 0.29) is 18.1 Å². The van der Waals surface area contributed by atoms with Crippen LogP contribution in [-0.2, 0) is 6.18 Å². The van der Waals surface area contributed by atoms with Crippen molar-refractivity contribution in [1.82, 2.24) is 20.5 Å². The van der Waals surface area contributed by atoms with Crippen LogP contribution < -0.4 is 10.6 Å². The van der Waals surface area contributed by atoms with Crippen molar-refractivity contribution in [2.45, 2.75) is 6.18 Å². The molecular weight excluding hydrogens is 367 g/mol. The standard InChI is InChI=1S/C16H14F3N5OS/c17-16(18,19)10-3-4-14(22-9-10)20-5-6-21-15(25)12-8-11(23-24-12)13-2-1-7-26-13/h1-4,7-9H,5-6H2,(H,20,22)(H,21,25)(H,23,24). The van der Waals surface area contributed by atoms with Gasteiger partial charge >= 0.3 is 6.18 Å². The highest BCUT2D eigenvalue weighted by atomic mass is 32.1. The highest BCUT2D eigenvalue weighted by Crippen LogP contribution is 2.28. The number of H-pyrrole nitrogens is 1. The summed E-state index contributed by atoms with van der Waals surface area (Å²) in [5, 5.41) is 14.2. The third-order valence-corrected chi connectivity index (χ3v) is 4.31. The summed E-state index contributed by atoms with van der Waals surface area (Å²) in [4.78, 5) is 16.7. The van der Waals surface area contributed by atoms with E-state index < -0.39 is 11.7 Å². The van der Waals surface area contributed by atoms with Crippen molar-refractivity contribution in [3.8, 4) is 10.6 Å². The van der Waals surface area contributed by atoms with E-state index in [9.17, 15) is 18.0 Å². The summed E-state index contributed by atoms with van der Waals surface area (Å²) in [6.07, 6.45) is -3.65. The van der Waals surface area contributed by atoms with Crippen LogP contribution in [0.4, 0.5) is 19.0 Å². The number of halogens is 3. The summed E-state index contributed by atoms with van der Waals surface area (Å²) in [5.41, 5.74) is 0.217. The maximum absolute atomic E-state index is 12.5. The van der Waals surface area contributed by atoms with Crippen molar-refractivity contribution in [2.24, 2.45) is 0 Å². The highest BCUT2D eigenvalue weighted by Gasteiger charge is 2.30. The fraction of sp³-hybridized carbons (Fsp3) is 0.188. The summed E-state index contributed by atoms with van der Waals surface area (Å²) in [6.45, 7) is 0.578. The van der Waals surface area contributed by atoms with Gasteiger partial charge in [-0.1, -0.05) is 6.07 Å². The van der Waals surface area contributed by atoms with Gasteiger partial charge in [0, 0.05) is 19.3 Å². The van der Waals surface area contributed by atoms with Crippen LogP contribution in [0, 0.1) is 0 Å². The van der Waals surface area contributed by atoms with E-state index in [1.807, 2.05) is 17.5 Å². The first-order chi connectivity index (χ1) is 12.4. The smallest absolute Gasteiger partial charge is 0.368 e. The maximum atomic E-state index is 12.5. The lowest BCUT2D eigenvalue weighted by atomic mass is 10.3. The van der Waals surface area contributed by atoms with E-state index in [0.717, 1.165) is 22.8 Å². The summed E-state index contributed by atoms with van der Waals surface area (Å²) < 4.78 is 37.4. The zero-order valence-corrected chi connectivity index (χ0v) is 14.1. The Balaban J connectivity index is 1.45. The molecule has 0 radical (unpaired) electrons. The van der Waals surface area contributed by atoms with Crippen LogP contribution in [-0.4, -0.2) is 34.2 Å². The number of aromatic amines is 1. The van der Waals surface area contributed by atoms with Gasteiger partial charge in [-0.25, -0.2) is 4.98 Å². The molecule has 0 fully saturated rings. The lowest BCUT2D eigenvalue weighted by Crippen LogP contribution is -2.29. The molecule has 1 amide bonds. The first kappa shape index (κ1) is 17.9. The minimum Gasteiger partial charge on any atom is -0.368 e. The van der Waals surface area contributed by atoms with Crippen LogP contribution in [0.5, 0.6) is 0 Å². The number of nitrogens with one attached hydrogen (secondary N) is 3. The van der Waals surface area contributed by atoms with E-state index in [1.165, 1.54) is 17.4 Å². The third-order valence-electron chi connectivity index (χ3n) is 3.40. The predicted molar refractivity (Wildman–Crippen MR) is 92.0 cm³/mol. The van der Waals surface area contributed by atoms with Crippen LogP contribution >= 0.6 is 11.3 Å². The molecule has 3 aromatic heterocycles. The van der Waals surface area contributed by atoms with Gasteiger partial charge in [-0.3, -0.25) is 9.89 Å². The Kier molecular flexibility index (Phi) is 5.21. The van der Waals surface area contributed by atoms with Gasteiger partial charge in [0.1, 0.15) is 5.82 Å². The van der Waals surface area contributed by atoms with Gasteiger partial charge in [0.2, 0.25) is 0 Å². The second kappa shape index (κ2) is 7.56. The molecule has 6 nitrogen and oxygen atoms in total. The monoisotopic (exact) mass is 381 g/mol. The lowest BCUT2D eigenvalue weighted by Gasteiger charge is -2.09. The average Bonchev–Trinajstić information content (AvgIpc) is 3.29. The zero-order chi connectivity index (χ0) is 18.6. The number of hydrogen-bond acceptors (Lipinski definition) is 5. The Morgan fingerprint density at radius 1 is 1.23 bits per heavy atom. The molecule has 3 aromatic rings. The number of nitrogens with zero attached hydrogens (tertiary/aromatic N) is 2. The second-order valence-corrected chi connectivity index (χ2v) is 6.20. The van der Waals surface area contributed by atoms with Crippen molar-refractivity contribution in [3.05, 3.63) is 53.2 Å². The largest absolute Gasteiger partial charge is 0.417 e. The van der Waals surface area contributed by atoms with Crippen molar-refractivity contribution in [1.29, 1.82) is 0 Å². The Bertz CT molecular complexity index is 859. The summed E-state index contributed by atoms with van der Waals surface area (Å²) in [5.74, 6) is -0.0433. The van der Waals surface area contributed by atoms with Gasteiger partial charge in [-0.15, -0.1) is 11.3 Å². The number of alkyl halides is 3. The SMILES string of the molecule is O=C(NCCNc1ccc(C(F)(F)F)cn1)c1cc(-c2cccs2)[nH]n1. The molecule has 0 aromatic carbocycles. The molecule has 0 unspecified atom stereocenters. The first-order valence-corrected chi connectivity index (χ1v) is 8.46. The number of hydrogen-bond donors (Lipinski definition) is 3. The molecule has 0 aliphatic carbocycles. The molecule has 3 N–H and O–H groups in total. The Morgan fingerprint density at radius 2 is 2.08 bits per heavy atom. The van der Waals surface area contributed by atoms with E-state index in [1.54, 1.807) is 6.07 Å². The van der Waals surface area contributed by atoms with Crippen molar-refractivity contribution >= 4 is 23.1 Å². The van der Waals surface area contributed by atoms with Gasteiger partial charge < -0.3 is 10.6 Å². The minimum absolute atomic E-state index is 0.265.